The predicted octanol–water partition coefficient (Wildman–Crippen LogP) is 1.28. The van der Waals surface area contributed by atoms with Gasteiger partial charge in [0.25, 0.3) is 0 Å². The number of nitrogens with one attached hydrogen (secondary N) is 2. The van der Waals surface area contributed by atoms with E-state index in [1.54, 1.807) is 19.1 Å². The first kappa shape index (κ1) is 32.7. The average molecular weight is 565 g/mol. The quantitative estimate of drug-likeness (QED) is 0.116. The maximum Gasteiger partial charge on any atom is 0.223 e. The molecule has 2 aromatic rings. The summed E-state index contributed by atoms with van der Waals surface area (Å²) in [5.74, 6) is -1.15. The minimum Gasteiger partial charge on any atom is -0.508 e. The van der Waals surface area contributed by atoms with Crippen LogP contribution < -0.4 is 33.6 Å². The molecule has 41 heavy (non-hydrogen) atoms. The molecule has 0 radical (unpaired) electrons. The fraction of sp³-hybridized carbons (Fsp3) is 0.400. The highest BCUT2D eigenvalue weighted by Gasteiger charge is 2.25. The van der Waals surface area contributed by atoms with Crippen LogP contribution in [0.15, 0.2) is 64.7 Å². The molecule has 0 saturated heterocycles. The third kappa shape index (κ3) is 11.6. The standard InChI is InChI=1S/C30H44N8O3/c1-18-12-24(39)13-19(2)25(18)16-26(38-30(33)34)27(40)14-20(3)28(41)36-17-23(15-22-8-6-5-7-9-22)37-21(4)10-11-35-29(31)32/h5-9,12-13,20,23,26,37,39H,4,10-11,14-17H2,1-3H3,(H,36,41)(H4,31,32,35)(H4,33,34,38)/t20-,23-,26-/m0/s1. The number of rotatable bonds is 16. The van der Waals surface area contributed by atoms with E-state index in [0.717, 1.165) is 28.0 Å². The summed E-state index contributed by atoms with van der Waals surface area (Å²) in [4.78, 5) is 34.5. The largest absolute Gasteiger partial charge is 0.508 e. The van der Waals surface area contributed by atoms with Gasteiger partial charge in [0.1, 0.15) is 11.8 Å². The monoisotopic (exact) mass is 564 g/mol. The van der Waals surface area contributed by atoms with Crippen LogP contribution >= 0.6 is 0 Å². The van der Waals surface area contributed by atoms with Crippen LogP contribution in [0.2, 0.25) is 0 Å². The van der Waals surface area contributed by atoms with Gasteiger partial charge in [-0.2, -0.15) is 0 Å². The summed E-state index contributed by atoms with van der Waals surface area (Å²) in [6.45, 7) is 10.2. The van der Waals surface area contributed by atoms with E-state index in [1.807, 2.05) is 44.2 Å². The van der Waals surface area contributed by atoms with Crippen LogP contribution in [0, 0.1) is 19.8 Å². The number of benzene rings is 2. The molecule has 2 rings (SSSR count). The van der Waals surface area contributed by atoms with Crippen molar-refractivity contribution in [2.75, 3.05) is 13.1 Å². The van der Waals surface area contributed by atoms with Crippen LogP contribution in [-0.2, 0) is 22.4 Å². The molecule has 222 valence electrons. The lowest BCUT2D eigenvalue weighted by atomic mass is 9.91. The first-order chi connectivity index (χ1) is 19.3. The summed E-state index contributed by atoms with van der Waals surface area (Å²) in [5, 5.41) is 16.2. The van der Waals surface area contributed by atoms with Gasteiger partial charge in [-0.15, -0.1) is 0 Å². The number of carbonyl (C=O) groups excluding carboxylic acids is 2. The lowest BCUT2D eigenvalue weighted by molar-refractivity contribution is -0.129. The maximum atomic E-state index is 13.3. The summed E-state index contributed by atoms with van der Waals surface area (Å²) < 4.78 is 0. The van der Waals surface area contributed by atoms with Gasteiger partial charge in [-0.25, -0.2) is 4.99 Å². The molecule has 11 N–H and O–H groups in total. The van der Waals surface area contributed by atoms with Crippen LogP contribution in [0.25, 0.3) is 0 Å². The number of Topliss-reactive ketones (excluding diaryl/α,β-unsaturated/α-hetero) is 1. The number of guanidine groups is 2. The third-order valence-electron chi connectivity index (χ3n) is 6.67. The number of aliphatic imine (C=N–C) groups is 2. The summed E-state index contributed by atoms with van der Waals surface area (Å²) >= 11 is 0. The molecule has 0 aliphatic carbocycles. The van der Waals surface area contributed by atoms with E-state index in [4.69, 9.17) is 22.9 Å². The number of phenolic OH excluding ortho intramolecular Hbond substituents is 1. The maximum absolute atomic E-state index is 13.3. The average Bonchev–Trinajstić information content (AvgIpc) is 2.88. The Bertz CT molecular complexity index is 1230. The summed E-state index contributed by atoms with van der Waals surface area (Å²) in [5.41, 5.74) is 26.4. The number of hydrogen-bond acceptors (Lipinski definition) is 6. The highest BCUT2D eigenvalue weighted by atomic mass is 16.3. The summed E-state index contributed by atoms with van der Waals surface area (Å²) in [6, 6.07) is 12.2. The van der Waals surface area contributed by atoms with E-state index in [0.29, 0.717) is 25.9 Å². The first-order valence-corrected chi connectivity index (χ1v) is 13.6. The van der Waals surface area contributed by atoms with Gasteiger partial charge in [0.05, 0.1) is 0 Å². The molecule has 0 aliphatic heterocycles. The van der Waals surface area contributed by atoms with Crippen molar-refractivity contribution in [2.45, 2.75) is 58.5 Å². The Morgan fingerprint density at radius 2 is 1.63 bits per heavy atom. The highest BCUT2D eigenvalue weighted by Crippen LogP contribution is 2.23. The number of aryl methyl sites for hydroxylation is 2. The van der Waals surface area contributed by atoms with Crippen LogP contribution in [0.4, 0.5) is 0 Å². The van der Waals surface area contributed by atoms with Crippen LogP contribution in [0.1, 0.15) is 42.0 Å². The van der Waals surface area contributed by atoms with E-state index in [2.05, 4.69) is 27.2 Å². The van der Waals surface area contributed by atoms with E-state index in [1.165, 1.54) is 0 Å². The Kier molecular flexibility index (Phi) is 12.7. The Hall–Kier alpha value is -4.54. The molecule has 0 bridgehead atoms. The number of nitrogens with two attached hydrogens (primary N) is 4. The molecular formula is C30H44N8O3. The predicted molar refractivity (Wildman–Crippen MR) is 164 cm³/mol. The van der Waals surface area contributed by atoms with Crippen molar-refractivity contribution < 1.29 is 14.7 Å². The van der Waals surface area contributed by atoms with Crippen molar-refractivity contribution in [1.82, 2.24) is 10.6 Å². The highest BCUT2D eigenvalue weighted by molar-refractivity contribution is 5.91. The van der Waals surface area contributed by atoms with Crippen molar-refractivity contribution >= 4 is 23.6 Å². The molecule has 0 spiro atoms. The van der Waals surface area contributed by atoms with E-state index in [-0.39, 0.29) is 48.2 Å². The zero-order valence-electron chi connectivity index (χ0n) is 24.2. The zero-order chi connectivity index (χ0) is 30.5. The van der Waals surface area contributed by atoms with Gasteiger partial charge in [0.15, 0.2) is 17.7 Å². The van der Waals surface area contributed by atoms with Gasteiger partial charge in [0.2, 0.25) is 5.91 Å². The van der Waals surface area contributed by atoms with Gasteiger partial charge < -0.3 is 38.7 Å². The molecule has 0 fully saturated rings. The number of carbonyl (C=O) groups is 2. The second-order valence-electron chi connectivity index (χ2n) is 10.3. The molecule has 0 aliphatic rings. The number of amides is 1. The van der Waals surface area contributed by atoms with Gasteiger partial charge in [0, 0.05) is 50.0 Å². The minimum absolute atomic E-state index is 0.0184. The third-order valence-corrected chi connectivity index (χ3v) is 6.67. The Labute approximate surface area is 242 Å². The SMILES string of the molecule is C=C(CCN=C(N)N)N[C@H](CNC(=O)[C@@H](C)CC(=O)[C@H](Cc1c(C)cc(O)cc1C)N=C(N)N)Cc1ccccc1. The lowest BCUT2D eigenvalue weighted by Crippen LogP contribution is -2.44. The molecule has 2 aromatic carbocycles. The van der Waals surface area contributed by atoms with Crippen LogP contribution in [0.3, 0.4) is 0 Å². The molecule has 11 nitrogen and oxygen atoms in total. The number of phenols is 1. The van der Waals surface area contributed by atoms with Crippen LogP contribution in [0.5, 0.6) is 5.75 Å². The fourth-order valence-electron chi connectivity index (χ4n) is 4.58. The number of aromatic hydroxyl groups is 1. The van der Waals surface area contributed by atoms with Crippen molar-refractivity contribution in [2.24, 2.45) is 38.8 Å². The Balaban J connectivity index is 2.05. The molecule has 1 amide bonds. The molecular weight excluding hydrogens is 520 g/mol. The topological polar surface area (TPSA) is 207 Å². The summed E-state index contributed by atoms with van der Waals surface area (Å²) in [6.07, 6.45) is 1.40. The number of hydrogen-bond donors (Lipinski definition) is 7. The lowest BCUT2D eigenvalue weighted by Gasteiger charge is -2.23. The molecule has 0 aromatic heterocycles. The first-order valence-electron chi connectivity index (χ1n) is 13.6. The fourth-order valence-corrected chi connectivity index (χ4v) is 4.58. The molecule has 11 heteroatoms. The molecule has 0 heterocycles. The second-order valence-corrected chi connectivity index (χ2v) is 10.3. The van der Waals surface area contributed by atoms with Crippen molar-refractivity contribution in [3.05, 3.63) is 77.0 Å². The molecule has 0 unspecified atom stereocenters. The Morgan fingerprint density at radius 3 is 2.22 bits per heavy atom. The van der Waals surface area contributed by atoms with Gasteiger partial charge >= 0.3 is 0 Å². The van der Waals surface area contributed by atoms with Crippen molar-refractivity contribution in [3.8, 4) is 5.75 Å². The Morgan fingerprint density at radius 1 is 1.00 bits per heavy atom. The van der Waals surface area contributed by atoms with Crippen LogP contribution in [-0.4, -0.2) is 53.9 Å². The second kappa shape index (κ2) is 15.9. The van der Waals surface area contributed by atoms with Crippen molar-refractivity contribution in [3.63, 3.8) is 0 Å². The number of nitrogens with zero attached hydrogens (tertiary/aromatic N) is 2. The van der Waals surface area contributed by atoms with Crippen molar-refractivity contribution in [1.29, 1.82) is 0 Å². The van der Waals surface area contributed by atoms with Gasteiger partial charge in [-0.05, 0) is 54.7 Å². The van der Waals surface area contributed by atoms with Gasteiger partial charge in [-0.1, -0.05) is 43.8 Å². The zero-order valence-corrected chi connectivity index (χ0v) is 24.2. The number of ketones is 1. The molecule has 3 atom stereocenters. The van der Waals surface area contributed by atoms with E-state index in [9.17, 15) is 14.7 Å². The van der Waals surface area contributed by atoms with E-state index >= 15 is 0 Å². The normalized spacial score (nSPS) is 12.9. The van der Waals surface area contributed by atoms with Gasteiger partial charge in [-0.3, -0.25) is 14.6 Å². The molecule has 0 saturated carbocycles. The van der Waals surface area contributed by atoms with E-state index < -0.39 is 12.0 Å². The summed E-state index contributed by atoms with van der Waals surface area (Å²) in [7, 11) is 0. The minimum atomic E-state index is -0.849. The smallest absolute Gasteiger partial charge is 0.223 e.